The SMILES string of the molecule is Cn1c(=O)oc2ccc(S(=O)(=O)N3CCN(C(c4ccccc4)c4ccccc4)CC3)cc21. The lowest BCUT2D eigenvalue weighted by Gasteiger charge is -2.39. The highest BCUT2D eigenvalue weighted by molar-refractivity contribution is 7.89. The maximum Gasteiger partial charge on any atom is 0.419 e. The number of fused-ring (bicyclic) bond motifs is 1. The molecular weight excluding hydrogens is 438 g/mol. The van der Waals surface area contributed by atoms with Crippen molar-refractivity contribution >= 4 is 21.1 Å². The zero-order valence-corrected chi connectivity index (χ0v) is 19.1. The van der Waals surface area contributed by atoms with Crippen molar-refractivity contribution in [2.75, 3.05) is 26.2 Å². The van der Waals surface area contributed by atoms with Gasteiger partial charge in [-0.05, 0) is 29.3 Å². The Balaban J connectivity index is 1.39. The zero-order valence-electron chi connectivity index (χ0n) is 18.3. The molecule has 2 heterocycles. The van der Waals surface area contributed by atoms with Crippen molar-refractivity contribution in [3.8, 4) is 0 Å². The van der Waals surface area contributed by atoms with E-state index in [9.17, 15) is 13.2 Å². The summed E-state index contributed by atoms with van der Waals surface area (Å²) < 4.78 is 34.7. The van der Waals surface area contributed by atoms with Gasteiger partial charge in [0.15, 0.2) is 5.58 Å². The number of benzene rings is 3. The molecule has 1 fully saturated rings. The molecule has 33 heavy (non-hydrogen) atoms. The zero-order chi connectivity index (χ0) is 23.0. The van der Waals surface area contributed by atoms with Gasteiger partial charge in [0.05, 0.1) is 16.5 Å². The molecule has 5 rings (SSSR count). The van der Waals surface area contributed by atoms with Crippen molar-refractivity contribution in [2.45, 2.75) is 10.9 Å². The summed E-state index contributed by atoms with van der Waals surface area (Å²) in [5.41, 5.74) is 3.21. The first-order valence-corrected chi connectivity index (χ1v) is 12.3. The molecule has 0 amide bonds. The predicted octanol–water partition coefficient (Wildman–Crippen LogP) is 3.23. The van der Waals surface area contributed by atoms with Gasteiger partial charge in [-0.1, -0.05) is 60.7 Å². The molecule has 0 spiro atoms. The van der Waals surface area contributed by atoms with Gasteiger partial charge in [-0.15, -0.1) is 0 Å². The van der Waals surface area contributed by atoms with Gasteiger partial charge >= 0.3 is 5.76 Å². The predicted molar refractivity (Wildman–Crippen MR) is 127 cm³/mol. The number of oxazole rings is 1. The van der Waals surface area contributed by atoms with Crippen LogP contribution in [-0.4, -0.2) is 48.4 Å². The number of aryl methyl sites for hydroxylation is 1. The minimum Gasteiger partial charge on any atom is -0.408 e. The van der Waals surface area contributed by atoms with E-state index in [0.717, 1.165) is 0 Å². The lowest BCUT2D eigenvalue weighted by atomic mass is 9.96. The standard InChI is InChI=1S/C25H25N3O4S/c1-26-22-18-21(12-13-23(22)32-25(26)29)33(30,31)28-16-14-27(15-17-28)24(19-8-4-2-5-9-19)20-10-6-3-7-11-20/h2-13,18,24H,14-17H2,1H3. The number of nitrogens with zero attached hydrogens (tertiary/aromatic N) is 3. The molecule has 0 saturated carbocycles. The van der Waals surface area contributed by atoms with Gasteiger partial charge in [-0.2, -0.15) is 4.31 Å². The van der Waals surface area contributed by atoms with Crippen molar-refractivity contribution < 1.29 is 12.8 Å². The van der Waals surface area contributed by atoms with Gasteiger partial charge in [0, 0.05) is 33.2 Å². The van der Waals surface area contributed by atoms with Crippen molar-refractivity contribution in [1.29, 1.82) is 0 Å². The van der Waals surface area contributed by atoms with Crippen LogP contribution in [0.2, 0.25) is 0 Å². The highest BCUT2D eigenvalue weighted by Crippen LogP contribution is 2.30. The van der Waals surface area contributed by atoms with Gasteiger partial charge in [0.2, 0.25) is 10.0 Å². The summed E-state index contributed by atoms with van der Waals surface area (Å²) >= 11 is 0. The van der Waals surface area contributed by atoms with Crippen molar-refractivity contribution in [1.82, 2.24) is 13.8 Å². The average molecular weight is 464 g/mol. The monoisotopic (exact) mass is 463 g/mol. The van der Waals surface area contributed by atoms with Crippen LogP contribution in [0.25, 0.3) is 11.1 Å². The van der Waals surface area contributed by atoms with Crippen LogP contribution in [0.5, 0.6) is 0 Å². The van der Waals surface area contributed by atoms with E-state index >= 15 is 0 Å². The van der Waals surface area contributed by atoms with E-state index in [4.69, 9.17) is 4.42 Å². The molecule has 1 saturated heterocycles. The van der Waals surface area contributed by atoms with E-state index in [-0.39, 0.29) is 10.9 Å². The first kappa shape index (κ1) is 21.6. The van der Waals surface area contributed by atoms with E-state index in [0.29, 0.717) is 37.3 Å². The molecule has 4 aromatic rings. The van der Waals surface area contributed by atoms with Gasteiger partial charge in [0.1, 0.15) is 0 Å². The van der Waals surface area contributed by atoms with Crippen LogP contribution in [0.3, 0.4) is 0 Å². The van der Waals surface area contributed by atoms with Crippen LogP contribution in [0.1, 0.15) is 17.2 Å². The maximum atomic E-state index is 13.4. The fraction of sp³-hybridized carbons (Fsp3) is 0.240. The summed E-state index contributed by atoms with van der Waals surface area (Å²) in [6, 6.07) is 25.2. The molecule has 1 aliphatic heterocycles. The minimum atomic E-state index is -3.69. The molecule has 0 atom stereocenters. The van der Waals surface area contributed by atoms with E-state index in [1.54, 1.807) is 13.1 Å². The Morgan fingerprint density at radius 3 is 1.97 bits per heavy atom. The maximum absolute atomic E-state index is 13.4. The minimum absolute atomic E-state index is 0.0639. The Hall–Kier alpha value is -3.20. The molecule has 3 aromatic carbocycles. The summed E-state index contributed by atoms with van der Waals surface area (Å²) in [4.78, 5) is 14.3. The third-order valence-corrected chi connectivity index (χ3v) is 8.16. The Morgan fingerprint density at radius 2 is 1.39 bits per heavy atom. The molecule has 7 nitrogen and oxygen atoms in total. The summed E-state index contributed by atoms with van der Waals surface area (Å²) in [5, 5.41) is 0. The Bertz CT molecular complexity index is 1380. The van der Waals surface area contributed by atoms with Crippen LogP contribution in [0.4, 0.5) is 0 Å². The summed E-state index contributed by atoms with van der Waals surface area (Å²) in [7, 11) is -2.12. The summed E-state index contributed by atoms with van der Waals surface area (Å²) in [6.07, 6.45) is 0. The van der Waals surface area contributed by atoms with E-state index < -0.39 is 15.8 Å². The number of rotatable bonds is 5. The largest absolute Gasteiger partial charge is 0.419 e. The number of piperazine rings is 1. The van der Waals surface area contributed by atoms with Gasteiger partial charge in [-0.25, -0.2) is 13.2 Å². The summed E-state index contributed by atoms with van der Waals surface area (Å²) in [5.74, 6) is -0.513. The fourth-order valence-corrected chi connectivity index (χ4v) is 5.95. The van der Waals surface area contributed by atoms with Gasteiger partial charge in [0.25, 0.3) is 0 Å². The molecule has 1 aliphatic rings. The lowest BCUT2D eigenvalue weighted by molar-refractivity contribution is 0.156. The van der Waals surface area contributed by atoms with Crippen molar-refractivity contribution in [3.05, 3.63) is 101 Å². The van der Waals surface area contributed by atoms with E-state index in [1.807, 2.05) is 36.4 Å². The van der Waals surface area contributed by atoms with Crippen LogP contribution in [-0.2, 0) is 17.1 Å². The quantitative estimate of drug-likeness (QED) is 0.454. The molecule has 170 valence electrons. The second-order valence-corrected chi connectivity index (χ2v) is 10.2. The second-order valence-electron chi connectivity index (χ2n) is 8.22. The fourth-order valence-electron chi connectivity index (χ4n) is 4.50. The Morgan fingerprint density at radius 1 is 0.818 bits per heavy atom. The Labute approximate surface area is 192 Å². The van der Waals surface area contributed by atoms with E-state index in [2.05, 4.69) is 29.2 Å². The topological polar surface area (TPSA) is 75.8 Å². The van der Waals surface area contributed by atoms with Crippen LogP contribution in [0, 0.1) is 0 Å². The Kier molecular flexibility index (Phi) is 5.65. The van der Waals surface area contributed by atoms with Crippen molar-refractivity contribution in [3.63, 3.8) is 0 Å². The normalized spacial score (nSPS) is 15.9. The highest BCUT2D eigenvalue weighted by Gasteiger charge is 2.32. The van der Waals surface area contributed by atoms with Crippen LogP contribution in [0.15, 0.2) is 93.0 Å². The third kappa shape index (κ3) is 4.01. The van der Waals surface area contributed by atoms with Gasteiger partial charge in [-0.3, -0.25) is 9.47 Å². The van der Waals surface area contributed by atoms with E-state index in [1.165, 1.54) is 32.1 Å². The molecule has 0 N–H and O–H groups in total. The van der Waals surface area contributed by atoms with Crippen LogP contribution < -0.4 is 5.76 Å². The third-order valence-electron chi connectivity index (χ3n) is 6.27. The molecule has 0 bridgehead atoms. The molecule has 0 unspecified atom stereocenters. The smallest absolute Gasteiger partial charge is 0.408 e. The lowest BCUT2D eigenvalue weighted by Crippen LogP contribution is -2.49. The number of hydrogen-bond donors (Lipinski definition) is 0. The average Bonchev–Trinajstić information content (AvgIpc) is 3.14. The van der Waals surface area contributed by atoms with Crippen molar-refractivity contribution in [2.24, 2.45) is 7.05 Å². The molecular formula is C25H25N3O4S. The number of sulfonamides is 1. The van der Waals surface area contributed by atoms with Gasteiger partial charge < -0.3 is 4.42 Å². The second kappa shape index (κ2) is 8.62. The molecule has 0 radical (unpaired) electrons. The highest BCUT2D eigenvalue weighted by atomic mass is 32.2. The summed E-state index contributed by atoms with van der Waals surface area (Å²) in [6.45, 7) is 2.00. The molecule has 0 aliphatic carbocycles. The van der Waals surface area contributed by atoms with Crippen LogP contribution >= 0.6 is 0 Å². The first-order valence-electron chi connectivity index (χ1n) is 10.9. The first-order chi connectivity index (χ1) is 15.9. The molecule has 8 heteroatoms. The molecule has 1 aromatic heterocycles. The number of hydrogen-bond acceptors (Lipinski definition) is 5. The number of aromatic nitrogens is 1.